The minimum Gasteiger partial charge on any atom is -0.463 e. The second-order valence-corrected chi connectivity index (χ2v) is 9.12. The van der Waals surface area contributed by atoms with E-state index in [0.29, 0.717) is 5.58 Å². The lowest BCUT2D eigenvalue weighted by molar-refractivity contribution is 0.565. The summed E-state index contributed by atoms with van der Waals surface area (Å²) in [5, 5.41) is 0.262. The first kappa shape index (κ1) is 17.4. The van der Waals surface area contributed by atoms with Gasteiger partial charge in [0.25, 0.3) is 0 Å². The molecule has 1 aromatic heterocycles. The highest BCUT2D eigenvalue weighted by Crippen LogP contribution is 2.26. The van der Waals surface area contributed by atoms with Crippen LogP contribution in [-0.2, 0) is 15.3 Å². The average molecular weight is 356 g/mol. The van der Waals surface area contributed by atoms with Crippen molar-refractivity contribution in [2.24, 2.45) is 0 Å². The molecule has 0 atom stereocenters. The highest BCUT2D eigenvalue weighted by atomic mass is 32.2. The third-order valence-electron chi connectivity index (χ3n) is 4.22. The predicted octanol–water partition coefficient (Wildman–Crippen LogP) is 4.23. The molecule has 2 aromatic carbocycles. The molecule has 0 N–H and O–H groups in total. The summed E-state index contributed by atoms with van der Waals surface area (Å²) in [4.78, 5) is 12.4. The van der Waals surface area contributed by atoms with Gasteiger partial charge in [-0.1, -0.05) is 39.0 Å². The van der Waals surface area contributed by atoms with Gasteiger partial charge in [0.15, 0.2) is 4.90 Å². The van der Waals surface area contributed by atoms with Crippen molar-refractivity contribution in [2.75, 3.05) is 0 Å². The first-order chi connectivity index (χ1) is 11.6. The van der Waals surface area contributed by atoms with Gasteiger partial charge >= 0.3 is 0 Å². The number of aryl methyl sites for hydroxylation is 1. The standard InChI is InChI=1S/C20H20O4S/c1-13-5-10-16-17(11-13)24-12-18(19(16)21)25(22,23)15-8-6-14(7-9-15)20(2,3)4/h5-12H,1-4H3. The van der Waals surface area contributed by atoms with Gasteiger partial charge < -0.3 is 4.42 Å². The molecule has 0 bridgehead atoms. The Morgan fingerprint density at radius 3 is 2.20 bits per heavy atom. The van der Waals surface area contributed by atoms with Crippen LogP contribution >= 0.6 is 0 Å². The molecule has 0 aliphatic rings. The molecule has 1 heterocycles. The maximum atomic E-state index is 12.9. The smallest absolute Gasteiger partial charge is 0.213 e. The van der Waals surface area contributed by atoms with Crippen LogP contribution in [0.25, 0.3) is 11.0 Å². The molecule has 0 aliphatic heterocycles. The van der Waals surface area contributed by atoms with Crippen LogP contribution in [0.2, 0.25) is 0 Å². The second kappa shape index (κ2) is 5.85. The molecule has 130 valence electrons. The average Bonchev–Trinajstić information content (AvgIpc) is 2.54. The number of benzene rings is 2. The van der Waals surface area contributed by atoms with E-state index in [1.807, 2.05) is 6.92 Å². The largest absolute Gasteiger partial charge is 0.463 e. The molecule has 0 radical (unpaired) electrons. The van der Waals surface area contributed by atoms with Gasteiger partial charge in [0, 0.05) is 0 Å². The number of rotatable bonds is 2. The van der Waals surface area contributed by atoms with Crippen molar-refractivity contribution >= 4 is 20.8 Å². The molecule has 0 saturated heterocycles. The van der Waals surface area contributed by atoms with Crippen LogP contribution in [0.15, 0.2) is 67.7 Å². The molecule has 0 aliphatic carbocycles. The lowest BCUT2D eigenvalue weighted by Gasteiger charge is -2.19. The van der Waals surface area contributed by atoms with Crippen LogP contribution in [0.3, 0.4) is 0 Å². The van der Waals surface area contributed by atoms with Crippen molar-refractivity contribution in [1.29, 1.82) is 0 Å². The fraction of sp³-hybridized carbons (Fsp3) is 0.250. The first-order valence-electron chi connectivity index (χ1n) is 7.98. The van der Waals surface area contributed by atoms with Gasteiger partial charge in [-0.05, 0) is 47.7 Å². The summed E-state index contributed by atoms with van der Waals surface area (Å²) in [6.07, 6.45) is 1.04. The van der Waals surface area contributed by atoms with Crippen LogP contribution in [0.4, 0.5) is 0 Å². The van der Waals surface area contributed by atoms with E-state index in [4.69, 9.17) is 4.42 Å². The zero-order chi connectivity index (χ0) is 18.4. The summed E-state index contributed by atoms with van der Waals surface area (Å²) in [6, 6.07) is 11.7. The van der Waals surface area contributed by atoms with Crippen molar-refractivity contribution in [1.82, 2.24) is 0 Å². The van der Waals surface area contributed by atoms with E-state index in [-0.39, 0.29) is 20.6 Å². The zero-order valence-corrected chi connectivity index (χ0v) is 15.5. The van der Waals surface area contributed by atoms with E-state index in [1.165, 1.54) is 12.1 Å². The Kier molecular flexibility index (Phi) is 4.07. The predicted molar refractivity (Wildman–Crippen MR) is 97.8 cm³/mol. The summed E-state index contributed by atoms with van der Waals surface area (Å²) in [5.74, 6) is 0. The Labute approximate surface area is 147 Å². The van der Waals surface area contributed by atoms with E-state index in [0.717, 1.165) is 17.4 Å². The third-order valence-corrected chi connectivity index (χ3v) is 5.97. The Bertz CT molecular complexity index is 1100. The molecule has 3 rings (SSSR count). The van der Waals surface area contributed by atoms with E-state index in [9.17, 15) is 13.2 Å². The quantitative estimate of drug-likeness (QED) is 0.689. The van der Waals surface area contributed by atoms with Crippen molar-refractivity contribution in [3.8, 4) is 0 Å². The fourth-order valence-electron chi connectivity index (χ4n) is 2.66. The van der Waals surface area contributed by atoms with Crippen molar-refractivity contribution in [3.63, 3.8) is 0 Å². The number of hydrogen-bond acceptors (Lipinski definition) is 4. The number of hydrogen-bond donors (Lipinski definition) is 0. The molecule has 25 heavy (non-hydrogen) atoms. The zero-order valence-electron chi connectivity index (χ0n) is 14.7. The summed E-state index contributed by atoms with van der Waals surface area (Å²) in [5.41, 5.74) is 1.71. The minimum absolute atomic E-state index is 0.0812. The van der Waals surface area contributed by atoms with Gasteiger partial charge in [0.05, 0.1) is 10.3 Å². The van der Waals surface area contributed by atoms with Gasteiger partial charge in [-0.25, -0.2) is 8.42 Å². The van der Waals surface area contributed by atoms with Crippen molar-refractivity contribution in [2.45, 2.75) is 42.9 Å². The Balaban J connectivity index is 2.15. The molecule has 3 aromatic rings. The fourth-order valence-corrected chi connectivity index (χ4v) is 3.94. The maximum absolute atomic E-state index is 12.9. The van der Waals surface area contributed by atoms with Crippen LogP contribution in [0.1, 0.15) is 31.9 Å². The van der Waals surface area contributed by atoms with Crippen LogP contribution in [0, 0.1) is 6.92 Å². The van der Waals surface area contributed by atoms with Crippen molar-refractivity contribution in [3.05, 3.63) is 70.1 Å². The molecule has 0 unspecified atom stereocenters. The molecule has 0 spiro atoms. The molecule has 0 fully saturated rings. The molecule has 5 heteroatoms. The SMILES string of the molecule is Cc1ccc2c(=O)c(S(=O)(=O)c3ccc(C(C)(C)C)cc3)coc2c1. The van der Waals surface area contributed by atoms with Gasteiger partial charge in [0.1, 0.15) is 11.8 Å². The number of sulfone groups is 1. The summed E-state index contributed by atoms with van der Waals surface area (Å²) < 4.78 is 31.1. The van der Waals surface area contributed by atoms with Crippen LogP contribution < -0.4 is 5.43 Å². The summed E-state index contributed by atoms with van der Waals surface area (Å²) >= 11 is 0. The van der Waals surface area contributed by atoms with Crippen LogP contribution in [0.5, 0.6) is 0 Å². The number of fused-ring (bicyclic) bond motifs is 1. The third kappa shape index (κ3) is 3.12. The van der Waals surface area contributed by atoms with Crippen LogP contribution in [-0.4, -0.2) is 8.42 Å². The highest BCUT2D eigenvalue weighted by molar-refractivity contribution is 7.91. The summed E-state index contributed by atoms with van der Waals surface area (Å²) in [6.45, 7) is 8.03. The van der Waals surface area contributed by atoms with E-state index in [1.54, 1.807) is 30.3 Å². The Morgan fingerprint density at radius 2 is 1.60 bits per heavy atom. The lowest BCUT2D eigenvalue weighted by atomic mass is 9.87. The normalized spacial score (nSPS) is 12.5. The van der Waals surface area contributed by atoms with Crippen molar-refractivity contribution < 1.29 is 12.8 Å². The molecule has 0 amide bonds. The molecule has 0 saturated carbocycles. The molecular weight excluding hydrogens is 336 g/mol. The van der Waals surface area contributed by atoms with Gasteiger partial charge in [-0.2, -0.15) is 0 Å². The van der Waals surface area contributed by atoms with E-state index < -0.39 is 15.3 Å². The maximum Gasteiger partial charge on any atom is 0.213 e. The lowest BCUT2D eigenvalue weighted by Crippen LogP contribution is -2.16. The Hall–Kier alpha value is -2.40. The van der Waals surface area contributed by atoms with E-state index in [2.05, 4.69) is 20.8 Å². The first-order valence-corrected chi connectivity index (χ1v) is 9.47. The topological polar surface area (TPSA) is 64.3 Å². The second-order valence-electron chi connectivity index (χ2n) is 7.21. The summed E-state index contributed by atoms with van der Waals surface area (Å²) in [7, 11) is -3.94. The minimum atomic E-state index is -3.94. The van der Waals surface area contributed by atoms with Gasteiger partial charge in [-0.15, -0.1) is 0 Å². The van der Waals surface area contributed by atoms with Gasteiger partial charge in [0.2, 0.25) is 15.3 Å². The van der Waals surface area contributed by atoms with Gasteiger partial charge in [-0.3, -0.25) is 4.79 Å². The molecule has 4 nitrogen and oxygen atoms in total. The monoisotopic (exact) mass is 356 g/mol. The Morgan fingerprint density at radius 1 is 0.960 bits per heavy atom. The van der Waals surface area contributed by atoms with E-state index >= 15 is 0 Å². The highest BCUT2D eigenvalue weighted by Gasteiger charge is 2.24. The molecular formula is C20H20O4S.